The summed E-state index contributed by atoms with van der Waals surface area (Å²) in [6, 6.07) is 3.36. The molecule has 222 valence electrons. The molecule has 0 radical (unpaired) electrons. The fourth-order valence-electron chi connectivity index (χ4n) is 5.37. The van der Waals surface area contributed by atoms with Crippen LogP contribution in [0, 0.1) is 16.7 Å². The molecular weight excluding hydrogens is 573 g/mol. The number of carboxylic acid groups (broad SMARTS) is 2. The van der Waals surface area contributed by atoms with E-state index < -0.39 is 40.6 Å². The molecule has 1 aromatic rings. The average Bonchev–Trinajstić information content (AvgIpc) is 3.43. The number of carbonyl (C=O) groups is 5. The van der Waals surface area contributed by atoms with Gasteiger partial charge in [0.2, 0.25) is 11.8 Å². The highest BCUT2D eigenvalue weighted by molar-refractivity contribution is 6.39. The highest BCUT2D eigenvalue weighted by Crippen LogP contribution is 2.52. The van der Waals surface area contributed by atoms with E-state index >= 15 is 0 Å². The smallest absolute Gasteiger partial charge is 0.326 e. The number of benzene rings is 1. The quantitative estimate of drug-likeness (QED) is 0.250. The van der Waals surface area contributed by atoms with Crippen LogP contribution in [0.4, 0.5) is 0 Å². The molecule has 2 atom stereocenters. The van der Waals surface area contributed by atoms with Crippen molar-refractivity contribution in [1.29, 1.82) is 0 Å². The summed E-state index contributed by atoms with van der Waals surface area (Å²) in [6.07, 6.45) is 5.99. The Bertz CT molecular complexity index is 1280. The number of hydrogen-bond donors (Lipinski definition) is 5. The Kier molecular flexibility index (Phi) is 10.3. The van der Waals surface area contributed by atoms with Crippen LogP contribution in [-0.2, 0) is 19.2 Å². The predicted molar refractivity (Wildman–Crippen MR) is 153 cm³/mol. The Hall–Kier alpha value is -3.37. The summed E-state index contributed by atoms with van der Waals surface area (Å²) in [5.74, 6) is -4.08. The second-order valence-corrected chi connectivity index (χ2v) is 11.9. The molecule has 1 saturated carbocycles. The van der Waals surface area contributed by atoms with Crippen molar-refractivity contribution in [3.8, 4) is 0 Å². The number of amides is 3. The van der Waals surface area contributed by atoms with Gasteiger partial charge in [0.1, 0.15) is 6.04 Å². The van der Waals surface area contributed by atoms with Crippen molar-refractivity contribution in [2.75, 3.05) is 6.54 Å². The van der Waals surface area contributed by atoms with Gasteiger partial charge in [-0.1, -0.05) is 67.6 Å². The minimum absolute atomic E-state index is 0.0125. The third kappa shape index (κ3) is 6.93. The minimum Gasteiger partial charge on any atom is -0.481 e. The van der Waals surface area contributed by atoms with Crippen LogP contribution in [0.5, 0.6) is 0 Å². The average molecular weight is 609 g/mol. The van der Waals surface area contributed by atoms with Crippen LogP contribution in [0.25, 0.3) is 0 Å². The molecule has 5 N–H and O–H groups in total. The van der Waals surface area contributed by atoms with Gasteiger partial charge >= 0.3 is 11.9 Å². The summed E-state index contributed by atoms with van der Waals surface area (Å²) >= 11 is 12.5. The largest absolute Gasteiger partial charge is 0.481 e. The van der Waals surface area contributed by atoms with Crippen LogP contribution in [0.3, 0.4) is 0 Å². The first-order valence-electron chi connectivity index (χ1n) is 13.4. The zero-order chi connectivity index (χ0) is 30.5. The summed E-state index contributed by atoms with van der Waals surface area (Å²) in [7, 11) is 0. The van der Waals surface area contributed by atoms with Crippen LogP contribution in [0.2, 0.25) is 10.0 Å². The van der Waals surface area contributed by atoms with Gasteiger partial charge < -0.3 is 26.2 Å². The van der Waals surface area contributed by atoms with E-state index in [0.717, 1.165) is 12.8 Å². The van der Waals surface area contributed by atoms with Crippen molar-refractivity contribution in [2.45, 2.75) is 65.3 Å². The molecule has 0 bridgehead atoms. The molecule has 2 unspecified atom stereocenters. The molecule has 3 amide bonds. The molecule has 2 aliphatic carbocycles. The first-order valence-corrected chi connectivity index (χ1v) is 14.2. The normalized spacial score (nSPS) is 20.8. The Morgan fingerprint density at radius 3 is 2.17 bits per heavy atom. The van der Waals surface area contributed by atoms with Crippen molar-refractivity contribution < 1.29 is 34.2 Å². The molecule has 0 aliphatic heterocycles. The molecule has 1 fully saturated rings. The molecule has 3 rings (SSSR count). The summed E-state index contributed by atoms with van der Waals surface area (Å²) in [5, 5.41) is 27.3. The molecule has 1 aromatic carbocycles. The zero-order valence-electron chi connectivity index (χ0n) is 23.2. The molecule has 0 heterocycles. The summed E-state index contributed by atoms with van der Waals surface area (Å²) in [5.41, 5.74) is -1.87. The minimum atomic E-state index is -1.50. The Balaban J connectivity index is 1.98. The third-order valence-electron chi connectivity index (χ3n) is 8.32. The van der Waals surface area contributed by atoms with Gasteiger partial charge in [-0.05, 0) is 38.0 Å². The van der Waals surface area contributed by atoms with Gasteiger partial charge in [0.05, 0.1) is 27.4 Å². The lowest BCUT2D eigenvalue weighted by molar-refractivity contribution is -0.142. The van der Waals surface area contributed by atoms with E-state index in [2.05, 4.69) is 16.0 Å². The molecule has 12 heteroatoms. The Labute approximate surface area is 248 Å². The van der Waals surface area contributed by atoms with Crippen molar-refractivity contribution in [1.82, 2.24) is 16.0 Å². The number of carbonyl (C=O) groups excluding carboxylic acids is 3. The van der Waals surface area contributed by atoms with E-state index in [-0.39, 0.29) is 52.5 Å². The first kappa shape index (κ1) is 32.1. The molecule has 41 heavy (non-hydrogen) atoms. The van der Waals surface area contributed by atoms with Crippen LogP contribution < -0.4 is 16.0 Å². The van der Waals surface area contributed by atoms with Gasteiger partial charge in [0.25, 0.3) is 5.91 Å². The summed E-state index contributed by atoms with van der Waals surface area (Å²) in [4.78, 5) is 63.0. The number of halogens is 2. The second kappa shape index (κ2) is 13.1. The monoisotopic (exact) mass is 607 g/mol. The SMILES string of the molecule is CC1(C)C(CC(NC(=O)C2CCCC2)C(=O)O)=CC=C(NC(=O)c2c(Cl)cccc2Cl)C1(C)C(=O)NCCC(=O)O. The van der Waals surface area contributed by atoms with Crippen LogP contribution in [-0.4, -0.2) is 52.5 Å². The van der Waals surface area contributed by atoms with Gasteiger partial charge in [-0.15, -0.1) is 0 Å². The van der Waals surface area contributed by atoms with E-state index in [1.165, 1.54) is 18.2 Å². The molecule has 2 aliphatic rings. The fraction of sp³-hybridized carbons (Fsp3) is 0.483. The van der Waals surface area contributed by atoms with Gasteiger partial charge in [-0.2, -0.15) is 0 Å². The van der Waals surface area contributed by atoms with Gasteiger partial charge in [-0.25, -0.2) is 4.79 Å². The van der Waals surface area contributed by atoms with E-state index in [1.807, 2.05) is 0 Å². The number of nitrogens with one attached hydrogen (secondary N) is 3. The van der Waals surface area contributed by atoms with Crippen LogP contribution >= 0.6 is 23.2 Å². The molecule has 0 saturated heterocycles. The fourth-order valence-corrected chi connectivity index (χ4v) is 5.94. The van der Waals surface area contributed by atoms with Crippen LogP contribution in [0.1, 0.15) is 69.7 Å². The number of carboxylic acids is 2. The third-order valence-corrected chi connectivity index (χ3v) is 8.95. The van der Waals surface area contributed by atoms with E-state index in [9.17, 15) is 29.1 Å². The van der Waals surface area contributed by atoms with Crippen molar-refractivity contribution >= 4 is 52.9 Å². The van der Waals surface area contributed by atoms with Crippen LogP contribution in [0.15, 0.2) is 41.6 Å². The van der Waals surface area contributed by atoms with Crippen molar-refractivity contribution in [2.24, 2.45) is 16.7 Å². The maximum atomic E-state index is 13.7. The lowest BCUT2D eigenvalue weighted by Gasteiger charge is -2.48. The van der Waals surface area contributed by atoms with Gasteiger partial charge in [-0.3, -0.25) is 19.2 Å². The standard InChI is InChI=1S/C29H35Cl2N3O7/c1-28(2)17(15-20(26(39)40)33-24(37)16-7-4-5-8-16)11-12-21(29(28,3)27(41)32-14-13-22(35)36)34-25(38)23-18(30)9-6-10-19(23)31/h6,9-12,16,20H,4-5,7-8,13-15H2,1-3H3,(H,32,41)(H,33,37)(H,34,38)(H,35,36)(H,39,40). The van der Waals surface area contributed by atoms with Crippen molar-refractivity contribution in [3.63, 3.8) is 0 Å². The van der Waals surface area contributed by atoms with E-state index in [1.54, 1.807) is 32.9 Å². The maximum Gasteiger partial charge on any atom is 0.326 e. The van der Waals surface area contributed by atoms with E-state index in [0.29, 0.717) is 18.4 Å². The zero-order valence-corrected chi connectivity index (χ0v) is 24.7. The summed E-state index contributed by atoms with van der Waals surface area (Å²) < 4.78 is 0. The van der Waals surface area contributed by atoms with E-state index in [4.69, 9.17) is 28.3 Å². The molecular formula is C29H35Cl2N3O7. The molecule has 0 spiro atoms. The number of aliphatic carboxylic acids is 2. The topological polar surface area (TPSA) is 162 Å². The maximum absolute atomic E-state index is 13.7. The Morgan fingerprint density at radius 2 is 1.61 bits per heavy atom. The number of hydrogen-bond acceptors (Lipinski definition) is 5. The lowest BCUT2D eigenvalue weighted by Crippen LogP contribution is -2.55. The van der Waals surface area contributed by atoms with Gasteiger partial charge in [0.15, 0.2) is 0 Å². The number of allylic oxidation sites excluding steroid dienone is 2. The predicted octanol–water partition coefficient (Wildman–Crippen LogP) is 4.32. The Morgan fingerprint density at radius 1 is 1.00 bits per heavy atom. The summed E-state index contributed by atoms with van der Waals surface area (Å²) in [6.45, 7) is 4.89. The van der Waals surface area contributed by atoms with Crippen molar-refractivity contribution in [3.05, 3.63) is 57.2 Å². The first-order chi connectivity index (χ1) is 19.2. The highest BCUT2D eigenvalue weighted by Gasteiger charge is 2.54. The highest BCUT2D eigenvalue weighted by atomic mass is 35.5. The molecule has 0 aromatic heterocycles. The second-order valence-electron chi connectivity index (χ2n) is 11.1. The lowest BCUT2D eigenvalue weighted by atomic mass is 9.57. The van der Waals surface area contributed by atoms with Gasteiger partial charge in [0, 0.05) is 30.0 Å². The molecule has 10 nitrogen and oxygen atoms in total. The number of rotatable bonds is 11.